The van der Waals surface area contributed by atoms with E-state index in [0.29, 0.717) is 6.42 Å². The molecule has 106 valence electrons. The van der Waals surface area contributed by atoms with Gasteiger partial charge in [0.05, 0.1) is 12.2 Å². The van der Waals surface area contributed by atoms with E-state index < -0.39 is 6.10 Å². The van der Waals surface area contributed by atoms with Crippen molar-refractivity contribution in [2.45, 2.75) is 45.8 Å². The lowest BCUT2D eigenvalue weighted by atomic mass is 10.1. The summed E-state index contributed by atoms with van der Waals surface area (Å²) in [6, 6.07) is 7.32. The molecule has 1 aromatic carbocycles. The molecule has 0 aliphatic rings. The Balaban J connectivity index is 2.56. The van der Waals surface area contributed by atoms with Crippen LogP contribution in [0.5, 0.6) is 5.75 Å². The quantitative estimate of drug-likeness (QED) is 0.796. The molecule has 0 heterocycles. The highest BCUT2D eigenvalue weighted by molar-refractivity contribution is 5.75. The maximum atomic E-state index is 11.3. The number of benzene rings is 1. The fourth-order valence-electron chi connectivity index (χ4n) is 1.71. The van der Waals surface area contributed by atoms with Crippen LogP contribution in [0, 0.1) is 0 Å². The van der Waals surface area contributed by atoms with E-state index in [4.69, 9.17) is 4.74 Å². The van der Waals surface area contributed by atoms with Crippen LogP contribution >= 0.6 is 0 Å². The average Bonchev–Trinajstić information content (AvgIpc) is 2.36. The first-order valence-electron chi connectivity index (χ1n) is 6.74. The number of hydrogen-bond acceptors (Lipinski definition) is 3. The van der Waals surface area contributed by atoms with Gasteiger partial charge in [0, 0.05) is 13.0 Å². The minimum atomic E-state index is -0.712. The lowest BCUT2D eigenvalue weighted by Gasteiger charge is -2.15. The van der Waals surface area contributed by atoms with Crippen LogP contribution in [-0.2, 0) is 4.79 Å². The molecule has 1 amide bonds. The standard InChI is InChI=1S/C15H23NO3/c1-4-6-15(18)16-10-14(17)12-7-5-8-13(9-12)19-11(2)3/h5,7-9,11,14,17H,4,6,10H2,1-3H3,(H,16,18). The number of amides is 1. The number of hydrogen-bond donors (Lipinski definition) is 2. The molecule has 19 heavy (non-hydrogen) atoms. The van der Waals surface area contributed by atoms with Crippen molar-refractivity contribution in [2.24, 2.45) is 0 Å². The minimum absolute atomic E-state index is 0.0314. The Bertz CT molecular complexity index is 404. The van der Waals surface area contributed by atoms with Crippen LogP contribution in [-0.4, -0.2) is 23.7 Å². The van der Waals surface area contributed by atoms with E-state index in [1.165, 1.54) is 0 Å². The van der Waals surface area contributed by atoms with Gasteiger partial charge in [-0.2, -0.15) is 0 Å². The Morgan fingerprint density at radius 2 is 2.16 bits per heavy atom. The van der Waals surface area contributed by atoms with E-state index in [1.54, 1.807) is 6.07 Å². The fraction of sp³-hybridized carbons (Fsp3) is 0.533. The molecule has 0 bridgehead atoms. The first-order valence-corrected chi connectivity index (χ1v) is 6.74. The van der Waals surface area contributed by atoms with Gasteiger partial charge in [-0.15, -0.1) is 0 Å². The molecule has 1 aromatic rings. The highest BCUT2D eigenvalue weighted by Gasteiger charge is 2.10. The predicted molar refractivity (Wildman–Crippen MR) is 75.1 cm³/mol. The van der Waals surface area contributed by atoms with Gasteiger partial charge in [0.1, 0.15) is 5.75 Å². The van der Waals surface area contributed by atoms with Gasteiger partial charge in [0.25, 0.3) is 0 Å². The number of rotatable bonds is 7. The third-order valence-corrected chi connectivity index (χ3v) is 2.58. The van der Waals surface area contributed by atoms with E-state index in [1.807, 2.05) is 39.0 Å². The van der Waals surface area contributed by atoms with Crippen molar-refractivity contribution in [1.29, 1.82) is 0 Å². The third kappa shape index (κ3) is 5.75. The maximum absolute atomic E-state index is 11.3. The Hall–Kier alpha value is -1.55. The van der Waals surface area contributed by atoms with Gasteiger partial charge in [0.2, 0.25) is 5.91 Å². The van der Waals surface area contributed by atoms with Gasteiger partial charge in [-0.1, -0.05) is 19.1 Å². The van der Waals surface area contributed by atoms with Crippen molar-refractivity contribution in [3.8, 4) is 5.75 Å². The molecule has 0 aliphatic carbocycles. The van der Waals surface area contributed by atoms with Crippen molar-refractivity contribution < 1.29 is 14.6 Å². The number of aliphatic hydroxyl groups is 1. The normalized spacial score (nSPS) is 12.3. The second-order valence-electron chi connectivity index (χ2n) is 4.81. The summed E-state index contributed by atoms with van der Waals surface area (Å²) in [5.41, 5.74) is 0.745. The fourth-order valence-corrected chi connectivity index (χ4v) is 1.71. The van der Waals surface area contributed by atoms with E-state index in [2.05, 4.69) is 5.32 Å². The molecule has 0 aliphatic heterocycles. The molecule has 2 N–H and O–H groups in total. The van der Waals surface area contributed by atoms with Crippen LogP contribution in [0.1, 0.15) is 45.3 Å². The van der Waals surface area contributed by atoms with Gasteiger partial charge >= 0.3 is 0 Å². The zero-order valence-corrected chi connectivity index (χ0v) is 11.8. The first-order chi connectivity index (χ1) is 9.02. The van der Waals surface area contributed by atoms with Crippen LogP contribution < -0.4 is 10.1 Å². The second-order valence-corrected chi connectivity index (χ2v) is 4.81. The van der Waals surface area contributed by atoms with Crippen molar-refractivity contribution in [2.75, 3.05) is 6.54 Å². The molecule has 4 nitrogen and oxygen atoms in total. The van der Waals surface area contributed by atoms with Crippen molar-refractivity contribution in [3.63, 3.8) is 0 Å². The van der Waals surface area contributed by atoms with Crippen LogP contribution in [0.15, 0.2) is 24.3 Å². The summed E-state index contributed by atoms with van der Waals surface area (Å²) in [5, 5.41) is 12.7. The monoisotopic (exact) mass is 265 g/mol. The van der Waals surface area contributed by atoms with Gasteiger partial charge in [-0.25, -0.2) is 0 Å². The van der Waals surface area contributed by atoms with Crippen LogP contribution in [0.2, 0.25) is 0 Å². The molecular weight excluding hydrogens is 242 g/mol. The number of carbonyl (C=O) groups excluding carboxylic acids is 1. The number of nitrogens with one attached hydrogen (secondary N) is 1. The first kappa shape index (κ1) is 15.5. The third-order valence-electron chi connectivity index (χ3n) is 2.58. The molecule has 0 fully saturated rings. The predicted octanol–water partition coefficient (Wildman–Crippen LogP) is 2.42. The Morgan fingerprint density at radius 1 is 1.42 bits per heavy atom. The molecular formula is C15H23NO3. The molecule has 0 saturated heterocycles. The smallest absolute Gasteiger partial charge is 0.220 e. The van der Waals surface area contributed by atoms with Gasteiger partial charge in [-0.05, 0) is 38.0 Å². The summed E-state index contributed by atoms with van der Waals surface area (Å²) < 4.78 is 5.57. The van der Waals surface area contributed by atoms with E-state index in [-0.39, 0.29) is 18.6 Å². The van der Waals surface area contributed by atoms with Crippen LogP contribution in [0.25, 0.3) is 0 Å². The molecule has 0 radical (unpaired) electrons. The minimum Gasteiger partial charge on any atom is -0.491 e. The van der Waals surface area contributed by atoms with E-state index >= 15 is 0 Å². The zero-order valence-electron chi connectivity index (χ0n) is 11.8. The summed E-state index contributed by atoms with van der Waals surface area (Å²) in [6.45, 7) is 6.08. The Morgan fingerprint density at radius 3 is 2.79 bits per heavy atom. The molecule has 0 spiro atoms. The van der Waals surface area contributed by atoms with Crippen molar-refractivity contribution in [3.05, 3.63) is 29.8 Å². The van der Waals surface area contributed by atoms with Gasteiger partial charge < -0.3 is 15.2 Å². The lowest BCUT2D eigenvalue weighted by molar-refractivity contribution is -0.121. The second kappa shape index (κ2) is 7.79. The topological polar surface area (TPSA) is 58.6 Å². The highest BCUT2D eigenvalue weighted by Crippen LogP contribution is 2.19. The Labute approximate surface area is 114 Å². The molecule has 0 aromatic heterocycles. The number of carbonyl (C=O) groups is 1. The van der Waals surface area contributed by atoms with Gasteiger partial charge in [0.15, 0.2) is 0 Å². The van der Waals surface area contributed by atoms with Gasteiger partial charge in [-0.3, -0.25) is 4.79 Å². The summed E-state index contributed by atoms with van der Waals surface area (Å²) in [4.78, 5) is 11.3. The lowest BCUT2D eigenvalue weighted by Crippen LogP contribution is -2.27. The number of aliphatic hydroxyl groups excluding tert-OH is 1. The highest BCUT2D eigenvalue weighted by atomic mass is 16.5. The molecule has 4 heteroatoms. The average molecular weight is 265 g/mol. The zero-order chi connectivity index (χ0) is 14.3. The maximum Gasteiger partial charge on any atom is 0.220 e. The van der Waals surface area contributed by atoms with Crippen LogP contribution in [0.4, 0.5) is 0 Å². The summed E-state index contributed by atoms with van der Waals surface area (Å²) in [5.74, 6) is 0.697. The van der Waals surface area contributed by atoms with Crippen molar-refractivity contribution >= 4 is 5.91 Å². The SMILES string of the molecule is CCCC(=O)NCC(O)c1cccc(OC(C)C)c1. The van der Waals surface area contributed by atoms with Crippen molar-refractivity contribution in [1.82, 2.24) is 5.32 Å². The largest absolute Gasteiger partial charge is 0.491 e. The molecule has 1 atom stereocenters. The van der Waals surface area contributed by atoms with E-state index in [0.717, 1.165) is 17.7 Å². The molecule has 1 unspecified atom stereocenters. The summed E-state index contributed by atoms with van der Waals surface area (Å²) in [6.07, 6.45) is 0.677. The van der Waals surface area contributed by atoms with Crippen LogP contribution in [0.3, 0.4) is 0 Å². The number of ether oxygens (including phenoxy) is 1. The summed E-state index contributed by atoms with van der Waals surface area (Å²) >= 11 is 0. The summed E-state index contributed by atoms with van der Waals surface area (Å²) in [7, 11) is 0. The molecule has 1 rings (SSSR count). The van der Waals surface area contributed by atoms with E-state index in [9.17, 15) is 9.90 Å². The molecule has 0 saturated carbocycles. The Kier molecular flexibility index (Phi) is 6.36.